The van der Waals surface area contributed by atoms with Crippen LogP contribution in [0.2, 0.25) is 0 Å². The van der Waals surface area contributed by atoms with Crippen molar-refractivity contribution in [1.82, 2.24) is 4.90 Å². The zero-order valence-electron chi connectivity index (χ0n) is 10.9. The molecule has 2 aliphatic carbocycles. The molecule has 17 heavy (non-hydrogen) atoms. The lowest BCUT2D eigenvalue weighted by atomic mass is 9.84. The van der Waals surface area contributed by atoms with Crippen molar-refractivity contribution in [3.8, 4) is 0 Å². The predicted octanol–water partition coefficient (Wildman–Crippen LogP) is 2.89. The summed E-state index contributed by atoms with van der Waals surface area (Å²) in [5.41, 5.74) is 0. The highest BCUT2D eigenvalue weighted by Gasteiger charge is 2.30. The second kappa shape index (κ2) is 5.85. The molecule has 0 aromatic heterocycles. The predicted molar refractivity (Wildman–Crippen MR) is 68.0 cm³/mol. The molecule has 0 aliphatic heterocycles. The van der Waals surface area contributed by atoms with Gasteiger partial charge in [0.25, 0.3) is 0 Å². The molecule has 0 aromatic rings. The molecule has 0 radical (unpaired) electrons. The smallest absolute Gasteiger partial charge is 0.306 e. The Balaban J connectivity index is 1.81. The van der Waals surface area contributed by atoms with Gasteiger partial charge >= 0.3 is 5.97 Å². The first kappa shape index (κ1) is 12.9. The van der Waals surface area contributed by atoms with Gasteiger partial charge in [-0.05, 0) is 45.6 Å². The number of rotatable bonds is 3. The van der Waals surface area contributed by atoms with E-state index in [0.29, 0.717) is 6.04 Å². The minimum Gasteiger partial charge on any atom is -0.481 e. The summed E-state index contributed by atoms with van der Waals surface area (Å²) in [6.45, 7) is 0. The minimum atomic E-state index is -0.594. The van der Waals surface area contributed by atoms with Crippen LogP contribution in [-0.2, 0) is 4.79 Å². The molecule has 0 atom stereocenters. The Kier molecular flexibility index (Phi) is 4.43. The van der Waals surface area contributed by atoms with Crippen molar-refractivity contribution in [2.24, 2.45) is 5.92 Å². The van der Waals surface area contributed by atoms with Crippen LogP contribution in [0, 0.1) is 5.92 Å². The molecule has 0 aromatic carbocycles. The Morgan fingerprint density at radius 2 is 1.47 bits per heavy atom. The number of hydrogen-bond acceptors (Lipinski definition) is 2. The molecule has 2 aliphatic rings. The summed E-state index contributed by atoms with van der Waals surface area (Å²) in [5.74, 6) is -0.672. The largest absolute Gasteiger partial charge is 0.481 e. The molecule has 2 fully saturated rings. The van der Waals surface area contributed by atoms with E-state index in [1.54, 1.807) is 0 Å². The highest BCUT2D eigenvalue weighted by molar-refractivity contribution is 5.70. The number of hydrogen-bond donors (Lipinski definition) is 1. The van der Waals surface area contributed by atoms with Crippen LogP contribution in [0.1, 0.15) is 57.8 Å². The highest BCUT2D eigenvalue weighted by atomic mass is 16.4. The standard InChI is InChI=1S/C14H25NO2/c1-15(12-5-3-2-4-6-12)13-9-7-11(8-10-13)14(16)17/h11-13H,2-10H2,1H3,(H,16,17). The van der Waals surface area contributed by atoms with E-state index in [1.165, 1.54) is 32.1 Å². The number of carboxylic acids is 1. The van der Waals surface area contributed by atoms with Crippen molar-refractivity contribution in [1.29, 1.82) is 0 Å². The van der Waals surface area contributed by atoms with Gasteiger partial charge in [0, 0.05) is 12.1 Å². The van der Waals surface area contributed by atoms with E-state index in [0.717, 1.165) is 31.7 Å². The van der Waals surface area contributed by atoms with Crippen LogP contribution in [0.5, 0.6) is 0 Å². The Bertz CT molecular complexity index is 253. The number of aliphatic carboxylic acids is 1. The number of nitrogens with zero attached hydrogens (tertiary/aromatic N) is 1. The number of carbonyl (C=O) groups is 1. The molecular weight excluding hydrogens is 214 g/mol. The third kappa shape index (κ3) is 3.21. The summed E-state index contributed by atoms with van der Waals surface area (Å²) < 4.78 is 0. The lowest BCUT2D eigenvalue weighted by molar-refractivity contribution is -0.143. The first-order valence-corrected chi connectivity index (χ1v) is 7.13. The fourth-order valence-electron chi connectivity index (χ4n) is 3.52. The van der Waals surface area contributed by atoms with Crippen molar-refractivity contribution in [3.63, 3.8) is 0 Å². The maximum atomic E-state index is 10.9. The van der Waals surface area contributed by atoms with E-state index in [2.05, 4.69) is 11.9 Å². The number of carboxylic acid groups (broad SMARTS) is 1. The van der Waals surface area contributed by atoms with Crippen molar-refractivity contribution in [2.75, 3.05) is 7.05 Å². The minimum absolute atomic E-state index is 0.0778. The fraction of sp³-hybridized carbons (Fsp3) is 0.929. The molecule has 2 rings (SSSR count). The Labute approximate surface area is 104 Å². The molecule has 2 saturated carbocycles. The second-order valence-corrected chi connectivity index (χ2v) is 5.80. The van der Waals surface area contributed by atoms with Gasteiger partial charge in [0.1, 0.15) is 0 Å². The molecule has 0 unspecified atom stereocenters. The summed E-state index contributed by atoms with van der Waals surface area (Å²) in [7, 11) is 2.25. The van der Waals surface area contributed by atoms with E-state index in [1.807, 2.05) is 0 Å². The Hall–Kier alpha value is -0.570. The second-order valence-electron chi connectivity index (χ2n) is 5.80. The molecule has 0 bridgehead atoms. The lowest BCUT2D eigenvalue weighted by Gasteiger charge is -2.40. The van der Waals surface area contributed by atoms with Crippen LogP contribution >= 0.6 is 0 Å². The molecule has 1 N–H and O–H groups in total. The first-order chi connectivity index (χ1) is 8.18. The summed E-state index contributed by atoms with van der Waals surface area (Å²) in [6, 6.07) is 1.39. The molecule has 98 valence electrons. The summed E-state index contributed by atoms with van der Waals surface area (Å²) in [4.78, 5) is 13.5. The topological polar surface area (TPSA) is 40.5 Å². The third-order valence-electron chi connectivity index (χ3n) is 4.77. The average Bonchev–Trinajstić information content (AvgIpc) is 2.39. The molecular formula is C14H25NO2. The summed E-state index contributed by atoms with van der Waals surface area (Å²) in [5, 5.41) is 9.00. The van der Waals surface area contributed by atoms with Gasteiger partial charge in [-0.3, -0.25) is 4.79 Å². The van der Waals surface area contributed by atoms with E-state index >= 15 is 0 Å². The van der Waals surface area contributed by atoms with Crippen LogP contribution in [0.3, 0.4) is 0 Å². The van der Waals surface area contributed by atoms with Crippen LogP contribution < -0.4 is 0 Å². The summed E-state index contributed by atoms with van der Waals surface area (Å²) in [6.07, 6.45) is 10.7. The highest BCUT2D eigenvalue weighted by Crippen LogP contribution is 2.31. The fourth-order valence-corrected chi connectivity index (χ4v) is 3.52. The van der Waals surface area contributed by atoms with Crippen molar-refractivity contribution in [2.45, 2.75) is 69.9 Å². The van der Waals surface area contributed by atoms with Gasteiger partial charge in [-0.25, -0.2) is 0 Å². The zero-order valence-corrected chi connectivity index (χ0v) is 10.9. The Morgan fingerprint density at radius 1 is 0.941 bits per heavy atom. The van der Waals surface area contributed by atoms with Gasteiger partial charge in [-0.2, -0.15) is 0 Å². The molecule has 0 spiro atoms. The summed E-state index contributed by atoms with van der Waals surface area (Å²) >= 11 is 0. The normalized spacial score (nSPS) is 31.6. The maximum absolute atomic E-state index is 10.9. The molecule has 0 amide bonds. The molecule has 3 heteroatoms. The third-order valence-corrected chi connectivity index (χ3v) is 4.77. The van der Waals surface area contributed by atoms with Gasteiger partial charge in [0.2, 0.25) is 0 Å². The SMILES string of the molecule is CN(C1CCCCC1)C1CCC(C(=O)O)CC1. The zero-order chi connectivity index (χ0) is 12.3. The Morgan fingerprint density at radius 3 is 2.00 bits per heavy atom. The van der Waals surface area contributed by atoms with E-state index < -0.39 is 5.97 Å². The maximum Gasteiger partial charge on any atom is 0.306 e. The molecule has 0 saturated heterocycles. The van der Waals surface area contributed by atoms with Gasteiger partial charge in [0.15, 0.2) is 0 Å². The van der Waals surface area contributed by atoms with Crippen molar-refractivity contribution < 1.29 is 9.90 Å². The van der Waals surface area contributed by atoms with Crippen molar-refractivity contribution in [3.05, 3.63) is 0 Å². The van der Waals surface area contributed by atoms with Crippen LogP contribution in [0.25, 0.3) is 0 Å². The van der Waals surface area contributed by atoms with Gasteiger partial charge in [0.05, 0.1) is 5.92 Å². The van der Waals surface area contributed by atoms with E-state index in [-0.39, 0.29) is 5.92 Å². The van der Waals surface area contributed by atoms with Crippen LogP contribution in [0.15, 0.2) is 0 Å². The lowest BCUT2D eigenvalue weighted by Crippen LogP contribution is -2.43. The van der Waals surface area contributed by atoms with Crippen molar-refractivity contribution >= 4 is 5.97 Å². The van der Waals surface area contributed by atoms with Crippen LogP contribution in [0.4, 0.5) is 0 Å². The first-order valence-electron chi connectivity index (χ1n) is 7.13. The van der Waals surface area contributed by atoms with Crippen LogP contribution in [-0.4, -0.2) is 35.1 Å². The molecule has 0 heterocycles. The van der Waals surface area contributed by atoms with Gasteiger partial charge < -0.3 is 10.0 Å². The van der Waals surface area contributed by atoms with Gasteiger partial charge in [-0.1, -0.05) is 19.3 Å². The van der Waals surface area contributed by atoms with E-state index in [4.69, 9.17) is 5.11 Å². The van der Waals surface area contributed by atoms with E-state index in [9.17, 15) is 4.79 Å². The average molecular weight is 239 g/mol. The van der Waals surface area contributed by atoms with Gasteiger partial charge in [-0.15, -0.1) is 0 Å². The quantitative estimate of drug-likeness (QED) is 0.823. The molecule has 3 nitrogen and oxygen atoms in total. The monoisotopic (exact) mass is 239 g/mol.